The SMILES string of the molecule is CCCC(C)(N)C(=O)N1CCNC(=O)C1C. The van der Waals surface area contributed by atoms with Gasteiger partial charge in [-0.2, -0.15) is 0 Å². The molecule has 0 aromatic heterocycles. The number of amides is 2. The summed E-state index contributed by atoms with van der Waals surface area (Å²) < 4.78 is 0. The van der Waals surface area contributed by atoms with Crippen LogP contribution in [0.1, 0.15) is 33.6 Å². The van der Waals surface area contributed by atoms with Crippen LogP contribution in [-0.2, 0) is 9.59 Å². The number of nitrogens with two attached hydrogens (primary N) is 1. The van der Waals surface area contributed by atoms with Crippen molar-refractivity contribution >= 4 is 11.8 Å². The highest BCUT2D eigenvalue weighted by molar-refractivity contribution is 5.92. The quantitative estimate of drug-likeness (QED) is 0.704. The molecule has 0 saturated carbocycles. The second-order valence-electron chi connectivity index (χ2n) is 4.63. The first-order chi connectivity index (χ1) is 7.40. The van der Waals surface area contributed by atoms with E-state index >= 15 is 0 Å². The Morgan fingerprint density at radius 2 is 2.31 bits per heavy atom. The second kappa shape index (κ2) is 4.82. The van der Waals surface area contributed by atoms with Crippen LogP contribution < -0.4 is 11.1 Å². The van der Waals surface area contributed by atoms with E-state index in [0.29, 0.717) is 19.5 Å². The first-order valence-electron chi connectivity index (χ1n) is 5.78. The van der Waals surface area contributed by atoms with Crippen molar-refractivity contribution in [2.45, 2.75) is 45.2 Å². The van der Waals surface area contributed by atoms with Crippen molar-refractivity contribution in [2.75, 3.05) is 13.1 Å². The monoisotopic (exact) mass is 227 g/mol. The average molecular weight is 227 g/mol. The van der Waals surface area contributed by atoms with E-state index in [4.69, 9.17) is 5.73 Å². The van der Waals surface area contributed by atoms with Crippen LogP contribution in [0.2, 0.25) is 0 Å². The summed E-state index contributed by atoms with van der Waals surface area (Å²) in [5.74, 6) is -0.233. The number of hydrogen-bond donors (Lipinski definition) is 2. The maximum Gasteiger partial charge on any atom is 0.243 e. The zero-order valence-electron chi connectivity index (χ0n) is 10.2. The molecule has 5 heteroatoms. The van der Waals surface area contributed by atoms with E-state index in [-0.39, 0.29) is 11.8 Å². The number of nitrogens with zero attached hydrogens (tertiary/aromatic N) is 1. The first kappa shape index (κ1) is 13.0. The lowest BCUT2D eigenvalue weighted by Gasteiger charge is -2.37. The van der Waals surface area contributed by atoms with Gasteiger partial charge in [0.1, 0.15) is 6.04 Å². The number of rotatable bonds is 3. The lowest BCUT2D eigenvalue weighted by Crippen LogP contribution is -2.62. The van der Waals surface area contributed by atoms with Gasteiger partial charge in [-0.1, -0.05) is 13.3 Å². The summed E-state index contributed by atoms with van der Waals surface area (Å²) in [6.45, 7) is 6.51. The lowest BCUT2D eigenvalue weighted by molar-refractivity contribution is -0.146. The Kier molecular flexibility index (Phi) is 3.91. The number of carbonyl (C=O) groups excluding carboxylic acids is 2. The Morgan fingerprint density at radius 3 is 2.88 bits per heavy atom. The molecule has 1 heterocycles. The zero-order valence-corrected chi connectivity index (χ0v) is 10.2. The van der Waals surface area contributed by atoms with Crippen molar-refractivity contribution < 1.29 is 9.59 Å². The van der Waals surface area contributed by atoms with E-state index in [9.17, 15) is 9.59 Å². The molecule has 1 saturated heterocycles. The van der Waals surface area contributed by atoms with Gasteiger partial charge >= 0.3 is 0 Å². The lowest BCUT2D eigenvalue weighted by atomic mass is 9.94. The van der Waals surface area contributed by atoms with Crippen molar-refractivity contribution in [3.63, 3.8) is 0 Å². The number of carbonyl (C=O) groups is 2. The molecule has 0 bridgehead atoms. The molecule has 3 N–H and O–H groups in total. The van der Waals surface area contributed by atoms with E-state index in [1.807, 2.05) is 6.92 Å². The summed E-state index contributed by atoms with van der Waals surface area (Å²) >= 11 is 0. The maximum absolute atomic E-state index is 12.2. The third kappa shape index (κ3) is 2.52. The Bertz CT molecular complexity index is 289. The van der Waals surface area contributed by atoms with Gasteiger partial charge in [-0.05, 0) is 20.3 Å². The van der Waals surface area contributed by atoms with E-state index in [1.165, 1.54) is 0 Å². The summed E-state index contributed by atoms with van der Waals surface area (Å²) in [4.78, 5) is 25.2. The fourth-order valence-corrected chi connectivity index (χ4v) is 2.01. The highest BCUT2D eigenvalue weighted by Gasteiger charge is 2.37. The van der Waals surface area contributed by atoms with Gasteiger partial charge in [0.25, 0.3) is 0 Å². The molecule has 2 amide bonds. The third-order valence-corrected chi connectivity index (χ3v) is 3.02. The number of hydrogen-bond acceptors (Lipinski definition) is 3. The minimum absolute atomic E-state index is 0.105. The molecule has 2 unspecified atom stereocenters. The van der Waals surface area contributed by atoms with Gasteiger partial charge in [0.15, 0.2) is 0 Å². The van der Waals surface area contributed by atoms with Crippen molar-refractivity contribution in [1.29, 1.82) is 0 Å². The molecule has 1 aliphatic rings. The standard InChI is InChI=1S/C11H21N3O2/c1-4-5-11(3,12)10(16)14-7-6-13-9(15)8(14)2/h8H,4-7,12H2,1-3H3,(H,13,15). The second-order valence-corrected chi connectivity index (χ2v) is 4.63. The molecule has 92 valence electrons. The van der Waals surface area contributed by atoms with E-state index in [0.717, 1.165) is 6.42 Å². The van der Waals surface area contributed by atoms with Gasteiger partial charge in [-0.25, -0.2) is 0 Å². The van der Waals surface area contributed by atoms with Crippen LogP contribution >= 0.6 is 0 Å². The molecule has 2 atom stereocenters. The van der Waals surface area contributed by atoms with Crippen molar-refractivity contribution in [2.24, 2.45) is 5.73 Å². The van der Waals surface area contributed by atoms with Crippen LogP contribution in [0, 0.1) is 0 Å². The fourth-order valence-electron chi connectivity index (χ4n) is 2.01. The summed E-state index contributed by atoms with van der Waals surface area (Å²) in [6.07, 6.45) is 1.49. The molecule has 0 radical (unpaired) electrons. The van der Waals surface area contributed by atoms with Crippen molar-refractivity contribution in [3.8, 4) is 0 Å². The smallest absolute Gasteiger partial charge is 0.243 e. The Labute approximate surface area is 96.4 Å². The molecule has 16 heavy (non-hydrogen) atoms. The van der Waals surface area contributed by atoms with Crippen molar-refractivity contribution in [1.82, 2.24) is 10.2 Å². The maximum atomic E-state index is 12.2. The van der Waals surface area contributed by atoms with Crippen LogP contribution in [0.5, 0.6) is 0 Å². The number of nitrogens with one attached hydrogen (secondary N) is 1. The molecular weight excluding hydrogens is 206 g/mol. The van der Waals surface area contributed by atoms with E-state index < -0.39 is 11.6 Å². The largest absolute Gasteiger partial charge is 0.353 e. The zero-order chi connectivity index (χ0) is 12.3. The van der Waals surface area contributed by atoms with Gasteiger partial charge in [-0.15, -0.1) is 0 Å². The minimum Gasteiger partial charge on any atom is -0.353 e. The molecule has 0 aromatic rings. The van der Waals surface area contributed by atoms with Crippen LogP contribution in [-0.4, -0.2) is 41.4 Å². The molecule has 1 aliphatic heterocycles. The summed E-state index contributed by atoms with van der Waals surface area (Å²) in [5.41, 5.74) is 5.13. The van der Waals surface area contributed by atoms with E-state index in [1.54, 1.807) is 18.7 Å². The van der Waals surface area contributed by atoms with Crippen LogP contribution in [0.3, 0.4) is 0 Å². The minimum atomic E-state index is -0.860. The molecule has 1 rings (SSSR count). The molecule has 1 fully saturated rings. The summed E-state index contributed by atoms with van der Waals surface area (Å²) in [7, 11) is 0. The van der Waals surface area contributed by atoms with Gasteiger partial charge in [-0.3, -0.25) is 9.59 Å². The van der Waals surface area contributed by atoms with Crippen molar-refractivity contribution in [3.05, 3.63) is 0 Å². The van der Waals surface area contributed by atoms with Gasteiger partial charge in [0.05, 0.1) is 5.54 Å². The average Bonchev–Trinajstić information content (AvgIpc) is 2.21. The highest BCUT2D eigenvalue weighted by Crippen LogP contribution is 2.16. The Hall–Kier alpha value is -1.10. The fraction of sp³-hybridized carbons (Fsp3) is 0.818. The summed E-state index contributed by atoms with van der Waals surface area (Å²) in [5, 5.41) is 2.73. The topological polar surface area (TPSA) is 75.4 Å². The number of piperazine rings is 1. The van der Waals surface area contributed by atoms with Gasteiger partial charge in [0.2, 0.25) is 11.8 Å². The highest BCUT2D eigenvalue weighted by atomic mass is 16.2. The van der Waals surface area contributed by atoms with Crippen LogP contribution in [0.15, 0.2) is 0 Å². The van der Waals surface area contributed by atoms with E-state index in [2.05, 4.69) is 5.32 Å². The molecule has 0 spiro atoms. The normalized spacial score (nSPS) is 24.9. The van der Waals surface area contributed by atoms with Crippen LogP contribution in [0.4, 0.5) is 0 Å². The molecule has 5 nitrogen and oxygen atoms in total. The predicted molar refractivity (Wildman–Crippen MR) is 61.7 cm³/mol. The summed E-state index contributed by atoms with van der Waals surface area (Å²) in [6, 6.07) is -0.416. The molecular formula is C11H21N3O2. The molecule has 0 aliphatic carbocycles. The Morgan fingerprint density at radius 1 is 1.69 bits per heavy atom. The van der Waals surface area contributed by atoms with Gasteiger partial charge < -0.3 is 16.0 Å². The Balaban J connectivity index is 2.76. The van der Waals surface area contributed by atoms with Crippen LogP contribution in [0.25, 0.3) is 0 Å². The molecule has 0 aromatic carbocycles. The third-order valence-electron chi connectivity index (χ3n) is 3.02. The van der Waals surface area contributed by atoms with Gasteiger partial charge in [0, 0.05) is 13.1 Å². The predicted octanol–water partition coefficient (Wildman–Crippen LogP) is -0.149. The first-order valence-corrected chi connectivity index (χ1v) is 5.78.